The number of amides is 1. The quantitative estimate of drug-likeness (QED) is 0.654. The molecule has 1 amide bonds. The molecule has 9 nitrogen and oxygen atoms in total. The zero-order chi connectivity index (χ0) is 24.8. The molecule has 0 saturated heterocycles. The Bertz CT molecular complexity index is 1180. The number of hydrogen-bond donors (Lipinski definition) is 1. The number of nitrogens with zero attached hydrogens (tertiary/aromatic N) is 4. The highest BCUT2D eigenvalue weighted by Crippen LogP contribution is 2.53. The van der Waals surface area contributed by atoms with Gasteiger partial charge in [0.25, 0.3) is 6.35 Å². The van der Waals surface area contributed by atoms with Crippen LogP contribution in [-0.2, 0) is 14.3 Å². The summed E-state index contributed by atoms with van der Waals surface area (Å²) in [4.78, 5) is 28.4. The first-order valence-corrected chi connectivity index (χ1v) is 12.6. The highest BCUT2D eigenvalue weighted by molar-refractivity contribution is 5.95. The highest BCUT2D eigenvalue weighted by atomic mass is 16.6. The van der Waals surface area contributed by atoms with Crippen LogP contribution in [0.3, 0.4) is 0 Å². The summed E-state index contributed by atoms with van der Waals surface area (Å²) in [7, 11) is 1.93. The third-order valence-corrected chi connectivity index (χ3v) is 7.64. The molecule has 2 aliphatic carbocycles. The van der Waals surface area contributed by atoms with Gasteiger partial charge >= 0.3 is 12.1 Å². The van der Waals surface area contributed by atoms with Gasteiger partial charge in [0.1, 0.15) is 0 Å². The molecule has 1 N–H and O–H groups in total. The minimum absolute atomic E-state index is 0.0792. The van der Waals surface area contributed by atoms with Crippen molar-refractivity contribution in [3.63, 3.8) is 0 Å². The molecule has 4 aliphatic rings. The van der Waals surface area contributed by atoms with E-state index in [9.17, 15) is 9.59 Å². The number of carbonyl (C=O) groups is 2. The van der Waals surface area contributed by atoms with Gasteiger partial charge in [-0.2, -0.15) is 0 Å². The van der Waals surface area contributed by atoms with Crippen molar-refractivity contribution in [2.24, 2.45) is 11.0 Å². The van der Waals surface area contributed by atoms with Crippen LogP contribution in [0.15, 0.2) is 59.7 Å². The van der Waals surface area contributed by atoms with Crippen molar-refractivity contribution in [2.45, 2.75) is 56.6 Å². The van der Waals surface area contributed by atoms with Crippen LogP contribution in [0.25, 0.3) is 0 Å². The maximum Gasteiger partial charge on any atom is 0.411 e. The highest BCUT2D eigenvalue weighted by Gasteiger charge is 2.53. The van der Waals surface area contributed by atoms with Crippen LogP contribution in [-0.4, -0.2) is 65.1 Å². The molecule has 2 saturated carbocycles. The Kier molecular flexibility index (Phi) is 5.70. The molecular formula is C27H30N4O5. The Hall–Kier alpha value is -3.75. The number of hydrazone groups is 1. The topological polar surface area (TPSA) is 94.9 Å². The van der Waals surface area contributed by atoms with Crippen LogP contribution in [0.2, 0.25) is 0 Å². The van der Waals surface area contributed by atoms with Crippen molar-refractivity contribution in [1.82, 2.24) is 9.91 Å². The number of rotatable bonds is 6. The minimum atomic E-state index is -1.15. The number of carboxylic acid groups (broad SMARTS) is 1. The van der Waals surface area contributed by atoms with Gasteiger partial charge in [0.15, 0.2) is 6.61 Å². The predicted molar refractivity (Wildman–Crippen MR) is 132 cm³/mol. The van der Waals surface area contributed by atoms with E-state index in [-0.39, 0.29) is 24.0 Å². The number of aliphatic carboxylic acids is 1. The van der Waals surface area contributed by atoms with E-state index in [0.717, 1.165) is 48.9 Å². The average Bonchev–Trinajstić information content (AvgIpc) is 3.47. The lowest BCUT2D eigenvalue weighted by Gasteiger charge is -2.50. The fourth-order valence-electron chi connectivity index (χ4n) is 6.08. The summed E-state index contributed by atoms with van der Waals surface area (Å²) in [6, 6.07) is 18.1. The Balaban J connectivity index is 1.36. The Labute approximate surface area is 209 Å². The summed E-state index contributed by atoms with van der Waals surface area (Å²) in [6.45, 7) is -0.628. The van der Waals surface area contributed by atoms with Crippen LogP contribution in [0, 0.1) is 5.92 Å². The second-order valence-electron chi connectivity index (χ2n) is 9.95. The normalized spacial score (nSPS) is 26.5. The summed E-state index contributed by atoms with van der Waals surface area (Å²) < 4.78 is 11.7. The number of anilines is 1. The molecule has 2 heterocycles. The van der Waals surface area contributed by atoms with Gasteiger partial charge < -0.3 is 19.5 Å². The van der Waals surface area contributed by atoms with Gasteiger partial charge in [-0.1, -0.05) is 42.8 Å². The molecule has 4 atom stereocenters. The van der Waals surface area contributed by atoms with Crippen LogP contribution in [0.1, 0.15) is 49.3 Å². The molecule has 0 bridgehead atoms. The number of carboxylic acids is 1. The molecule has 0 spiro atoms. The average molecular weight is 491 g/mol. The third-order valence-electron chi connectivity index (χ3n) is 7.64. The van der Waals surface area contributed by atoms with E-state index in [4.69, 9.17) is 19.7 Å². The lowest BCUT2D eigenvalue weighted by Crippen LogP contribution is -2.57. The smallest absolute Gasteiger partial charge is 0.411 e. The SMILES string of the molecule is CN1N=C(c2ccccc2)OC1N1c2ccccc2C(N(C(=O)OCC(=O)O)C2CC2)C2CCCC21. The summed E-state index contributed by atoms with van der Waals surface area (Å²) in [5.74, 6) is -0.381. The maximum absolute atomic E-state index is 13.2. The van der Waals surface area contributed by atoms with Gasteiger partial charge in [-0.3, -0.25) is 4.90 Å². The molecule has 9 heteroatoms. The first-order valence-electron chi connectivity index (χ1n) is 12.6. The van der Waals surface area contributed by atoms with Crippen molar-refractivity contribution in [1.29, 1.82) is 0 Å². The Morgan fingerprint density at radius 3 is 2.58 bits per heavy atom. The molecule has 4 unspecified atom stereocenters. The largest absolute Gasteiger partial charge is 0.479 e. The van der Waals surface area contributed by atoms with Gasteiger partial charge in [0, 0.05) is 36.3 Å². The van der Waals surface area contributed by atoms with E-state index < -0.39 is 25.0 Å². The molecule has 0 aromatic heterocycles. The molecule has 0 radical (unpaired) electrons. The first kappa shape index (κ1) is 22.7. The van der Waals surface area contributed by atoms with Gasteiger partial charge in [-0.15, -0.1) is 5.10 Å². The lowest BCUT2D eigenvalue weighted by atomic mass is 9.81. The summed E-state index contributed by atoms with van der Waals surface area (Å²) in [6.07, 6.45) is 3.87. The van der Waals surface area contributed by atoms with Crippen molar-refractivity contribution >= 4 is 23.6 Å². The van der Waals surface area contributed by atoms with Gasteiger partial charge in [-0.05, 0) is 49.4 Å². The fraction of sp³-hybridized carbons (Fsp3) is 0.444. The van der Waals surface area contributed by atoms with Crippen molar-refractivity contribution in [3.05, 3.63) is 65.7 Å². The number of para-hydroxylation sites is 1. The summed E-state index contributed by atoms with van der Waals surface area (Å²) in [5, 5.41) is 15.6. The molecule has 6 rings (SSSR count). The van der Waals surface area contributed by atoms with Crippen LogP contribution in [0.5, 0.6) is 0 Å². The van der Waals surface area contributed by atoms with Gasteiger partial charge in [-0.25, -0.2) is 14.6 Å². The van der Waals surface area contributed by atoms with Crippen molar-refractivity contribution in [2.75, 3.05) is 18.6 Å². The second-order valence-corrected chi connectivity index (χ2v) is 9.95. The van der Waals surface area contributed by atoms with Gasteiger partial charge in [0.2, 0.25) is 5.90 Å². The molecule has 2 aliphatic heterocycles. The number of hydrogen-bond acceptors (Lipinski definition) is 7. The fourth-order valence-corrected chi connectivity index (χ4v) is 6.08. The lowest BCUT2D eigenvalue weighted by molar-refractivity contribution is -0.140. The minimum Gasteiger partial charge on any atom is -0.479 e. The van der Waals surface area contributed by atoms with Gasteiger partial charge in [0.05, 0.1) is 6.04 Å². The first-order chi connectivity index (χ1) is 17.5. The van der Waals surface area contributed by atoms with Crippen LogP contribution < -0.4 is 4.90 Å². The molecule has 2 aromatic rings. The summed E-state index contributed by atoms with van der Waals surface area (Å²) in [5.41, 5.74) is 2.99. The molecular weight excluding hydrogens is 460 g/mol. The standard InChI is InChI=1S/C27H30N4O5/c1-29-26(36-25(28-29)17-8-3-2-4-9-17)31-21-12-6-5-10-19(21)24(20-11-7-13-22(20)31)30(18-14-15-18)27(34)35-16-23(32)33/h2-6,8-10,12,18,20,22,24,26H,7,11,13-16H2,1H3,(H,32,33). The number of benzene rings is 2. The zero-order valence-corrected chi connectivity index (χ0v) is 20.2. The molecule has 36 heavy (non-hydrogen) atoms. The zero-order valence-electron chi connectivity index (χ0n) is 20.2. The molecule has 2 fully saturated rings. The number of ether oxygens (including phenoxy) is 2. The Morgan fingerprint density at radius 2 is 1.83 bits per heavy atom. The van der Waals surface area contributed by atoms with E-state index >= 15 is 0 Å². The van der Waals surface area contributed by atoms with Crippen LogP contribution in [0.4, 0.5) is 10.5 Å². The predicted octanol–water partition coefficient (Wildman–Crippen LogP) is 4.01. The van der Waals surface area contributed by atoms with E-state index in [2.05, 4.69) is 17.0 Å². The number of carbonyl (C=O) groups excluding carboxylic acids is 1. The monoisotopic (exact) mass is 490 g/mol. The van der Waals surface area contributed by atoms with E-state index in [1.54, 1.807) is 0 Å². The third kappa shape index (κ3) is 3.92. The Morgan fingerprint density at radius 1 is 1.08 bits per heavy atom. The van der Waals surface area contributed by atoms with E-state index in [1.165, 1.54) is 0 Å². The second kappa shape index (κ2) is 9.04. The number of fused-ring (bicyclic) bond motifs is 2. The molecule has 188 valence electrons. The van der Waals surface area contributed by atoms with Crippen molar-refractivity contribution < 1.29 is 24.2 Å². The van der Waals surface area contributed by atoms with E-state index in [0.29, 0.717) is 5.90 Å². The van der Waals surface area contributed by atoms with Crippen LogP contribution >= 0.6 is 0 Å². The van der Waals surface area contributed by atoms with E-state index in [1.807, 2.05) is 59.4 Å². The molecule has 2 aromatic carbocycles. The summed E-state index contributed by atoms with van der Waals surface area (Å²) >= 11 is 0. The van der Waals surface area contributed by atoms with Crippen molar-refractivity contribution in [3.8, 4) is 0 Å². The maximum atomic E-state index is 13.2.